The standard InChI is InChI=1S/C15H26N4O/c1-15(2,3)17-10-12-6-5-8-19(11-12)13-14(20)18(4)9-7-16-13/h7,9,12,17H,5-6,8,10-11H2,1-4H3. The highest BCUT2D eigenvalue weighted by Gasteiger charge is 2.24. The molecule has 0 radical (unpaired) electrons. The number of aryl methyl sites for hydroxylation is 1. The molecule has 1 aliphatic rings. The molecule has 1 aromatic heterocycles. The van der Waals surface area contributed by atoms with Crippen molar-refractivity contribution in [2.75, 3.05) is 24.5 Å². The van der Waals surface area contributed by atoms with Crippen molar-refractivity contribution >= 4 is 5.82 Å². The summed E-state index contributed by atoms with van der Waals surface area (Å²) in [5.74, 6) is 1.17. The second-order valence-corrected chi connectivity index (χ2v) is 6.75. The van der Waals surface area contributed by atoms with Crippen LogP contribution in [0.2, 0.25) is 0 Å². The van der Waals surface area contributed by atoms with Gasteiger partial charge in [0.2, 0.25) is 0 Å². The van der Waals surface area contributed by atoms with Gasteiger partial charge in [-0.25, -0.2) is 4.98 Å². The molecule has 20 heavy (non-hydrogen) atoms. The number of aromatic nitrogens is 2. The molecule has 1 fully saturated rings. The van der Waals surface area contributed by atoms with E-state index in [2.05, 4.69) is 36.0 Å². The molecule has 0 saturated carbocycles. The fourth-order valence-corrected chi connectivity index (χ4v) is 2.58. The lowest BCUT2D eigenvalue weighted by Gasteiger charge is -2.34. The molecule has 112 valence electrons. The van der Waals surface area contributed by atoms with Crippen molar-refractivity contribution in [3.63, 3.8) is 0 Å². The number of nitrogens with zero attached hydrogens (tertiary/aromatic N) is 3. The maximum Gasteiger partial charge on any atom is 0.293 e. The van der Waals surface area contributed by atoms with Crippen molar-refractivity contribution in [2.45, 2.75) is 39.2 Å². The first kappa shape index (κ1) is 15.0. The van der Waals surface area contributed by atoms with E-state index in [1.54, 1.807) is 24.0 Å². The summed E-state index contributed by atoms with van der Waals surface area (Å²) in [6.45, 7) is 9.38. The number of hydrogen-bond donors (Lipinski definition) is 1. The quantitative estimate of drug-likeness (QED) is 0.907. The van der Waals surface area contributed by atoms with Crippen molar-refractivity contribution in [3.05, 3.63) is 22.7 Å². The minimum Gasteiger partial charge on any atom is -0.352 e. The molecule has 1 unspecified atom stereocenters. The van der Waals surface area contributed by atoms with E-state index in [9.17, 15) is 4.79 Å². The fourth-order valence-electron chi connectivity index (χ4n) is 2.58. The van der Waals surface area contributed by atoms with Crippen molar-refractivity contribution in [1.82, 2.24) is 14.9 Å². The lowest BCUT2D eigenvalue weighted by molar-refractivity contribution is 0.334. The lowest BCUT2D eigenvalue weighted by atomic mass is 9.96. The zero-order chi connectivity index (χ0) is 14.8. The molecule has 0 spiro atoms. The van der Waals surface area contributed by atoms with Gasteiger partial charge < -0.3 is 14.8 Å². The van der Waals surface area contributed by atoms with Gasteiger partial charge in [0.15, 0.2) is 5.82 Å². The van der Waals surface area contributed by atoms with Crippen molar-refractivity contribution in [1.29, 1.82) is 0 Å². The van der Waals surface area contributed by atoms with Gasteiger partial charge >= 0.3 is 0 Å². The minimum absolute atomic E-state index is 0.00284. The van der Waals surface area contributed by atoms with Crippen LogP contribution in [0.1, 0.15) is 33.6 Å². The zero-order valence-electron chi connectivity index (χ0n) is 13.0. The average molecular weight is 278 g/mol. The number of rotatable bonds is 3. The first-order chi connectivity index (χ1) is 9.37. The van der Waals surface area contributed by atoms with Crippen LogP contribution in [-0.2, 0) is 7.05 Å². The highest BCUT2D eigenvalue weighted by Crippen LogP contribution is 2.19. The van der Waals surface area contributed by atoms with E-state index in [4.69, 9.17) is 0 Å². The summed E-state index contributed by atoms with van der Waals surface area (Å²) >= 11 is 0. The number of nitrogens with one attached hydrogen (secondary N) is 1. The summed E-state index contributed by atoms with van der Waals surface area (Å²) in [7, 11) is 1.77. The molecule has 5 nitrogen and oxygen atoms in total. The predicted octanol–water partition coefficient (Wildman–Crippen LogP) is 1.38. The van der Waals surface area contributed by atoms with Crippen molar-refractivity contribution in [3.8, 4) is 0 Å². The van der Waals surface area contributed by atoms with Gasteiger partial charge in [-0.05, 0) is 39.5 Å². The van der Waals surface area contributed by atoms with Crippen LogP contribution in [0.15, 0.2) is 17.2 Å². The zero-order valence-corrected chi connectivity index (χ0v) is 13.0. The van der Waals surface area contributed by atoms with Crippen LogP contribution in [0.25, 0.3) is 0 Å². The Morgan fingerprint density at radius 3 is 2.90 bits per heavy atom. The second-order valence-electron chi connectivity index (χ2n) is 6.75. The maximum absolute atomic E-state index is 12.1. The molecule has 0 aromatic carbocycles. The Balaban J connectivity index is 2.03. The van der Waals surface area contributed by atoms with Crippen LogP contribution in [0.5, 0.6) is 0 Å². The van der Waals surface area contributed by atoms with E-state index in [0.717, 1.165) is 26.1 Å². The molecule has 0 bridgehead atoms. The van der Waals surface area contributed by atoms with Gasteiger partial charge in [-0.3, -0.25) is 4.79 Å². The van der Waals surface area contributed by atoms with Crippen LogP contribution >= 0.6 is 0 Å². The molecule has 1 N–H and O–H groups in total. The van der Waals surface area contributed by atoms with E-state index in [1.807, 2.05) is 0 Å². The van der Waals surface area contributed by atoms with Crippen LogP contribution in [0.3, 0.4) is 0 Å². The largest absolute Gasteiger partial charge is 0.352 e. The smallest absolute Gasteiger partial charge is 0.293 e. The summed E-state index contributed by atoms with van der Waals surface area (Å²) < 4.78 is 1.60. The molecule has 2 heterocycles. The molecule has 5 heteroatoms. The number of anilines is 1. The summed E-state index contributed by atoms with van der Waals surface area (Å²) in [6, 6.07) is 0. The highest BCUT2D eigenvalue weighted by molar-refractivity contribution is 5.36. The monoisotopic (exact) mass is 278 g/mol. The highest BCUT2D eigenvalue weighted by atomic mass is 16.1. The van der Waals surface area contributed by atoms with Crippen molar-refractivity contribution < 1.29 is 0 Å². The first-order valence-electron chi connectivity index (χ1n) is 7.38. The van der Waals surface area contributed by atoms with Crippen LogP contribution in [0, 0.1) is 5.92 Å². The van der Waals surface area contributed by atoms with Crippen LogP contribution < -0.4 is 15.8 Å². The summed E-state index contributed by atoms with van der Waals surface area (Å²) in [4.78, 5) is 18.6. The van der Waals surface area contributed by atoms with Crippen LogP contribution in [-0.4, -0.2) is 34.7 Å². The Labute approximate surface area is 121 Å². The van der Waals surface area contributed by atoms with E-state index in [1.165, 1.54) is 6.42 Å². The summed E-state index contributed by atoms with van der Waals surface area (Å²) in [5, 5.41) is 3.56. The fraction of sp³-hybridized carbons (Fsp3) is 0.733. The van der Waals surface area contributed by atoms with Gasteiger partial charge in [0, 0.05) is 44.6 Å². The van der Waals surface area contributed by atoms with Gasteiger partial charge in [-0.1, -0.05) is 0 Å². The molecular formula is C15H26N4O. The Morgan fingerprint density at radius 2 is 2.20 bits per heavy atom. The van der Waals surface area contributed by atoms with Crippen LogP contribution in [0.4, 0.5) is 5.82 Å². The minimum atomic E-state index is -0.00284. The third-order valence-corrected chi connectivity index (χ3v) is 3.74. The Kier molecular flexibility index (Phi) is 4.48. The van der Waals surface area contributed by atoms with Crippen molar-refractivity contribution in [2.24, 2.45) is 13.0 Å². The van der Waals surface area contributed by atoms with E-state index < -0.39 is 0 Å². The average Bonchev–Trinajstić information content (AvgIpc) is 2.39. The third kappa shape index (κ3) is 3.82. The molecule has 2 rings (SSSR count). The summed E-state index contributed by atoms with van der Waals surface area (Å²) in [5.41, 5.74) is 0.139. The van der Waals surface area contributed by atoms with E-state index >= 15 is 0 Å². The molecule has 0 amide bonds. The van der Waals surface area contributed by atoms with Gasteiger partial charge in [-0.15, -0.1) is 0 Å². The van der Waals surface area contributed by atoms with Gasteiger partial charge in [0.25, 0.3) is 5.56 Å². The predicted molar refractivity (Wildman–Crippen MR) is 82.2 cm³/mol. The number of hydrogen-bond acceptors (Lipinski definition) is 4. The van der Waals surface area contributed by atoms with E-state index in [0.29, 0.717) is 11.7 Å². The molecular weight excluding hydrogens is 252 g/mol. The molecule has 1 aliphatic heterocycles. The Morgan fingerprint density at radius 1 is 1.45 bits per heavy atom. The van der Waals surface area contributed by atoms with Gasteiger partial charge in [0.1, 0.15) is 0 Å². The Bertz CT molecular complexity index is 503. The first-order valence-corrected chi connectivity index (χ1v) is 7.38. The SMILES string of the molecule is Cn1ccnc(N2CCCC(CNC(C)(C)C)C2)c1=O. The van der Waals surface area contributed by atoms with E-state index in [-0.39, 0.29) is 11.1 Å². The molecule has 1 saturated heterocycles. The van der Waals surface area contributed by atoms with Gasteiger partial charge in [0.05, 0.1) is 0 Å². The van der Waals surface area contributed by atoms with Gasteiger partial charge in [-0.2, -0.15) is 0 Å². The number of piperidine rings is 1. The second kappa shape index (κ2) is 5.95. The topological polar surface area (TPSA) is 50.2 Å². The third-order valence-electron chi connectivity index (χ3n) is 3.74. The Hall–Kier alpha value is -1.36. The molecule has 0 aliphatic carbocycles. The lowest BCUT2D eigenvalue weighted by Crippen LogP contribution is -2.46. The molecule has 1 atom stereocenters. The normalized spacial score (nSPS) is 20.2. The molecule has 1 aromatic rings. The summed E-state index contributed by atoms with van der Waals surface area (Å²) in [6.07, 6.45) is 5.74. The maximum atomic E-state index is 12.1.